The van der Waals surface area contributed by atoms with Gasteiger partial charge in [0, 0.05) is 29.9 Å². The summed E-state index contributed by atoms with van der Waals surface area (Å²) in [7, 11) is 0. The van der Waals surface area contributed by atoms with Crippen LogP contribution in [0.15, 0.2) is 53.5 Å². The number of nitrogen functional groups attached to an aromatic ring is 1. The maximum atomic E-state index is 12.6. The number of carbonyl (C=O) groups is 1. The Kier molecular flexibility index (Phi) is 4.81. The fraction of sp³-hybridized carbons (Fsp3) is 0.240. The highest BCUT2D eigenvalue weighted by Crippen LogP contribution is 2.41. The molecular formula is C25H25N5O2. The second-order valence-corrected chi connectivity index (χ2v) is 8.54. The molecule has 0 bridgehead atoms. The van der Waals surface area contributed by atoms with Crippen molar-refractivity contribution in [3.8, 4) is 11.1 Å². The molecule has 1 fully saturated rings. The van der Waals surface area contributed by atoms with Gasteiger partial charge in [0.15, 0.2) is 5.82 Å². The Morgan fingerprint density at radius 3 is 2.66 bits per heavy atom. The molecule has 162 valence electrons. The molecule has 2 aromatic heterocycles. The van der Waals surface area contributed by atoms with Crippen LogP contribution >= 0.6 is 0 Å². The minimum Gasteiger partial charge on any atom is -0.382 e. The molecule has 7 nitrogen and oxygen atoms in total. The van der Waals surface area contributed by atoms with E-state index in [0.29, 0.717) is 34.9 Å². The maximum absolute atomic E-state index is 12.6. The van der Waals surface area contributed by atoms with Crippen molar-refractivity contribution in [2.24, 2.45) is 0 Å². The SMILES string of the molecule is Cc1ccc(C)c(C(=O)NCc2ccc(-c3cn(C4CC4)c4c(=O)[nH]nc(N)c34)cc2)c1. The van der Waals surface area contributed by atoms with Crippen molar-refractivity contribution >= 4 is 22.6 Å². The van der Waals surface area contributed by atoms with Gasteiger partial charge in [0.05, 0.1) is 5.39 Å². The Hall–Kier alpha value is -3.87. The van der Waals surface area contributed by atoms with Crippen molar-refractivity contribution in [3.05, 3.63) is 81.3 Å². The third kappa shape index (κ3) is 3.56. The first-order chi connectivity index (χ1) is 15.4. The highest BCUT2D eigenvalue weighted by atomic mass is 16.1. The zero-order valence-electron chi connectivity index (χ0n) is 18.1. The average molecular weight is 428 g/mol. The second-order valence-electron chi connectivity index (χ2n) is 8.54. The molecule has 1 amide bonds. The van der Waals surface area contributed by atoms with E-state index in [4.69, 9.17) is 5.73 Å². The van der Waals surface area contributed by atoms with Crippen LogP contribution in [-0.2, 0) is 6.54 Å². The summed E-state index contributed by atoms with van der Waals surface area (Å²) >= 11 is 0. The van der Waals surface area contributed by atoms with Gasteiger partial charge in [-0.2, -0.15) is 5.10 Å². The molecule has 5 rings (SSSR count). The Morgan fingerprint density at radius 1 is 1.19 bits per heavy atom. The minimum absolute atomic E-state index is 0.0825. The van der Waals surface area contributed by atoms with E-state index in [1.165, 1.54) is 0 Å². The van der Waals surface area contributed by atoms with Gasteiger partial charge in [-0.15, -0.1) is 0 Å². The summed E-state index contributed by atoms with van der Waals surface area (Å²) in [5, 5.41) is 10.2. The average Bonchev–Trinajstić information content (AvgIpc) is 3.56. The van der Waals surface area contributed by atoms with Crippen LogP contribution in [0.2, 0.25) is 0 Å². The number of aromatic amines is 1. The summed E-state index contributed by atoms with van der Waals surface area (Å²) in [5.74, 6) is 0.236. The highest BCUT2D eigenvalue weighted by Gasteiger charge is 2.28. The van der Waals surface area contributed by atoms with E-state index in [1.807, 2.05) is 67.1 Å². The fourth-order valence-corrected chi connectivity index (χ4v) is 4.15. The lowest BCUT2D eigenvalue weighted by atomic mass is 10.0. The van der Waals surface area contributed by atoms with E-state index in [2.05, 4.69) is 15.5 Å². The van der Waals surface area contributed by atoms with Gasteiger partial charge in [0.2, 0.25) is 0 Å². The number of anilines is 1. The van der Waals surface area contributed by atoms with E-state index in [0.717, 1.165) is 40.7 Å². The Balaban J connectivity index is 1.40. The minimum atomic E-state index is -0.224. The van der Waals surface area contributed by atoms with Crippen molar-refractivity contribution < 1.29 is 4.79 Å². The number of carbonyl (C=O) groups excluding carboxylic acids is 1. The predicted molar refractivity (Wildman–Crippen MR) is 126 cm³/mol. The molecule has 4 aromatic rings. The summed E-state index contributed by atoms with van der Waals surface area (Å²) in [6, 6.07) is 14.2. The zero-order valence-corrected chi connectivity index (χ0v) is 18.1. The van der Waals surface area contributed by atoms with Crippen molar-refractivity contribution in [2.75, 3.05) is 5.73 Å². The third-order valence-corrected chi connectivity index (χ3v) is 6.08. The normalized spacial score (nSPS) is 13.4. The Bertz CT molecular complexity index is 1390. The van der Waals surface area contributed by atoms with Crippen molar-refractivity contribution in [2.45, 2.75) is 39.3 Å². The number of rotatable bonds is 5. The third-order valence-electron chi connectivity index (χ3n) is 6.08. The molecule has 0 saturated heterocycles. The molecule has 4 N–H and O–H groups in total. The number of H-pyrrole nitrogens is 1. The molecule has 0 unspecified atom stereocenters. The standard InChI is InChI=1S/C25H25N5O2/c1-14-3-4-15(2)19(11-14)24(31)27-12-16-5-7-17(8-6-16)20-13-30(18-9-10-18)22-21(20)23(26)28-29-25(22)32/h3-8,11,13,18H,9-10,12H2,1-2H3,(H2,26,28)(H,27,31)(H,29,32). The van der Waals surface area contributed by atoms with Crippen molar-refractivity contribution in [1.29, 1.82) is 0 Å². The molecule has 0 radical (unpaired) electrons. The van der Waals surface area contributed by atoms with Gasteiger partial charge in [-0.25, -0.2) is 5.10 Å². The summed E-state index contributed by atoms with van der Waals surface area (Å²) in [5.41, 5.74) is 12.1. The van der Waals surface area contributed by atoms with Gasteiger partial charge in [-0.1, -0.05) is 42.0 Å². The summed E-state index contributed by atoms with van der Waals surface area (Å²) < 4.78 is 2.03. The van der Waals surface area contributed by atoms with Crippen LogP contribution in [0.25, 0.3) is 22.0 Å². The second kappa shape index (κ2) is 7.67. The van der Waals surface area contributed by atoms with Gasteiger partial charge in [0.25, 0.3) is 11.5 Å². The molecule has 0 spiro atoms. The van der Waals surface area contributed by atoms with Gasteiger partial charge < -0.3 is 15.6 Å². The number of hydrogen-bond donors (Lipinski definition) is 3. The molecule has 1 saturated carbocycles. The number of fused-ring (bicyclic) bond motifs is 1. The molecule has 2 heterocycles. The maximum Gasteiger partial charge on any atom is 0.288 e. The number of aryl methyl sites for hydroxylation is 2. The highest BCUT2D eigenvalue weighted by molar-refractivity contribution is 6.02. The number of amides is 1. The molecule has 1 aliphatic carbocycles. The first kappa shape index (κ1) is 20.1. The fourth-order valence-electron chi connectivity index (χ4n) is 4.15. The largest absolute Gasteiger partial charge is 0.382 e. The van der Waals surface area contributed by atoms with E-state index >= 15 is 0 Å². The first-order valence-corrected chi connectivity index (χ1v) is 10.8. The van der Waals surface area contributed by atoms with Crippen LogP contribution in [-0.4, -0.2) is 20.7 Å². The summed E-state index contributed by atoms with van der Waals surface area (Å²) in [6.45, 7) is 4.35. The molecule has 0 atom stereocenters. The lowest BCUT2D eigenvalue weighted by Crippen LogP contribution is -2.23. The van der Waals surface area contributed by atoms with Crippen LogP contribution in [0.5, 0.6) is 0 Å². The number of hydrogen-bond acceptors (Lipinski definition) is 4. The van der Waals surface area contributed by atoms with E-state index < -0.39 is 0 Å². The summed E-state index contributed by atoms with van der Waals surface area (Å²) in [4.78, 5) is 25.1. The molecular weight excluding hydrogens is 402 g/mol. The lowest BCUT2D eigenvalue weighted by molar-refractivity contribution is 0.0950. The van der Waals surface area contributed by atoms with Crippen LogP contribution in [0.1, 0.15) is 45.9 Å². The number of nitrogens with two attached hydrogens (primary N) is 1. The van der Waals surface area contributed by atoms with Gasteiger partial charge in [-0.05, 0) is 49.4 Å². The Morgan fingerprint density at radius 2 is 1.94 bits per heavy atom. The lowest BCUT2D eigenvalue weighted by Gasteiger charge is -2.09. The zero-order chi connectivity index (χ0) is 22.4. The molecule has 2 aromatic carbocycles. The van der Waals surface area contributed by atoms with Crippen molar-refractivity contribution in [3.63, 3.8) is 0 Å². The molecule has 0 aliphatic heterocycles. The number of nitrogens with one attached hydrogen (secondary N) is 2. The predicted octanol–water partition coefficient (Wildman–Crippen LogP) is 3.86. The van der Waals surface area contributed by atoms with Crippen molar-refractivity contribution in [1.82, 2.24) is 20.1 Å². The number of benzene rings is 2. The molecule has 7 heteroatoms. The monoisotopic (exact) mass is 427 g/mol. The number of aromatic nitrogens is 3. The molecule has 1 aliphatic rings. The van der Waals surface area contributed by atoms with E-state index in [9.17, 15) is 9.59 Å². The van der Waals surface area contributed by atoms with E-state index in [-0.39, 0.29) is 11.5 Å². The van der Waals surface area contributed by atoms with Gasteiger partial charge in [-0.3, -0.25) is 9.59 Å². The topological polar surface area (TPSA) is 106 Å². The quantitative estimate of drug-likeness (QED) is 0.450. The van der Waals surface area contributed by atoms with Gasteiger partial charge in [0.1, 0.15) is 5.52 Å². The van der Waals surface area contributed by atoms with Gasteiger partial charge >= 0.3 is 0 Å². The van der Waals surface area contributed by atoms with Crippen LogP contribution < -0.4 is 16.6 Å². The first-order valence-electron chi connectivity index (χ1n) is 10.8. The van der Waals surface area contributed by atoms with Crippen LogP contribution in [0.4, 0.5) is 5.82 Å². The van der Waals surface area contributed by atoms with Crippen LogP contribution in [0, 0.1) is 13.8 Å². The smallest absolute Gasteiger partial charge is 0.288 e. The molecule has 32 heavy (non-hydrogen) atoms. The Labute approximate surface area is 185 Å². The summed E-state index contributed by atoms with van der Waals surface area (Å²) in [6.07, 6.45) is 4.13. The van der Waals surface area contributed by atoms with Crippen LogP contribution in [0.3, 0.4) is 0 Å². The number of nitrogens with zero attached hydrogens (tertiary/aromatic N) is 2. The van der Waals surface area contributed by atoms with E-state index in [1.54, 1.807) is 0 Å².